The number of hydrogen-bond acceptors (Lipinski definition) is 2. The molecule has 0 amide bonds. The van der Waals surface area contributed by atoms with E-state index in [0.29, 0.717) is 18.4 Å². The van der Waals surface area contributed by atoms with E-state index in [-0.39, 0.29) is 5.97 Å². The van der Waals surface area contributed by atoms with Gasteiger partial charge in [0.2, 0.25) is 0 Å². The van der Waals surface area contributed by atoms with Gasteiger partial charge < -0.3 is 4.74 Å². The highest BCUT2D eigenvalue weighted by molar-refractivity contribution is 5.81. The van der Waals surface area contributed by atoms with E-state index < -0.39 is 0 Å². The minimum atomic E-state index is -0.323. The Morgan fingerprint density at radius 2 is 1.43 bits per heavy atom. The number of aryl methyl sites for hydroxylation is 3. The Balaban J connectivity index is 1.21. The Morgan fingerprint density at radius 3 is 2.08 bits per heavy atom. The predicted octanol–water partition coefficient (Wildman–Crippen LogP) is 9.24. The van der Waals surface area contributed by atoms with Crippen LogP contribution in [0.3, 0.4) is 0 Å². The van der Waals surface area contributed by atoms with Crippen LogP contribution in [-0.2, 0) is 16.0 Å². The Bertz CT molecular complexity index is 1150. The molecule has 1 aliphatic carbocycles. The lowest BCUT2D eigenvalue weighted by molar-refractivity contribution is -0.137. The molecule has 3 aromatic rings. The average Bonchev–Trinajstić information content (AvgIpc) is 2.93. The molecule has 1 aliphatic rings. The second-order valence-corrected chi connectivity index (χ2v) is 10.8. The van der Waals surface area contributed by atoms with Crippen LogP contribution in [-0.4, -0.2) is 12.6 Å². The van der Waals surface area contributed by atoms with Crippen molar-refractivity contribution >= 4 is 5.97 Å². The van der Waals surface area contributed by atoms with Crippen molar-refractivity contribution in [1.82, 2.24) is 0 Å². The molecule has 0 radical (unpaired) electrons. The van der Waals surface area contributed by atoms with Gasteiger partial charge in [0.15, 0.2) is 0 Å². The lowest BCUT2D eigenvalue weighted by Gasteiger charge is -2.29. The first-order valence-electron chi connectivity index (χ1n) is 14.1. The summed E-state index contributed by atoms with van der Waals surface area (Å²) in [5, 5.41) is 0. The minimum absolute atomic E-state index is 0.323. The first-order valence-corrected chi connectivity index (χ1v) is 14.1. The van der Waals surface area contributed by atoms with Gasteiger partial charge in [-0.2, -0.15) is 0 Å². The van der Waals surface area contributed by atoms with Gasteiger partial charge in [-0.25, -0.2) is 4.79 Å². The van der Waals surface area contributed by atoms with Crippen molar-refractivity contribution in [1.29, 1.82) is 0 Å². The lowest BCUT2D eigenvalue weighted by Crippen LogP contribution is -2.12. The van der Waals surface area contributed by atoms with Crippen molar-refractivity contribution in [2.75, 3.05) is 6.61 Å². The second-order valence-electron chi connectivity index (χ2n) is 10.8. The molecule has 0 unspecified atom stereocenters. The van der Waals surface area contributed by atoms with Gasteiger partial charge in [0, 0.05) is 6.08 Å². The van der Waals surface area contributed by atoms with Crippen LogP contribution in [0.25, 0.3) is 11.1 Å². The zero-order valence-corrected chi connectivity index (χ0v) is 22.7. The number of benzene rings is 3. The van der Waals surface area contributed by atoms with Gasteiger partial charge in [-0.3, -0.25) is 0 Å². The Kier molecular flexibility index (Phi) is 9.77. The van der Waals surface area contributed by atoms with Gasteiger partial charge in [-0.1, -0.05) is 91.7 Å². The summed E-state index contributed by atoms with van der Waals surface area (Å²) in [6.07, 6.45) is 11.8. The molecule has 2 heteroatoms. The topological polar surface area (TPSA) is 26.3 Å². The van der Waals surface area contributed by atoms with Crippen LogP contribution in [0.2, 0.25) is 0 Å². The number of carbonyl (C=O) groups excluding carboxylic acids is 1. The SMILES string of the molecule is C=CC(=O)OCCCCCCc1ccc(C2CCC(c3ccc(-c4ccc(C)cc4)c(C)c3)CC2)cc1. The zero-order valence-electron chi connectivity index (χ0n) is 22.7. The molecule has 4 rings (SSSR count). The minimum Gasteiger partial charge on any atom is -0.463 e. The maximum Gasteiger partial charge on any atom is 0.330 e. The van der Waals surface area contributed by atoms with E-state index in [1.807, 2.05) is 0 Å². The van der Waals surface area contributed by atoms with Crippen LogP contribution < -0.4 is 0 Å². The first kappa shape index (κ1) is 26.9. The van der Waals surface area contributed by atoms with Crippen molar-refractivity contribution in [3.63, 3.8) is 0 Å². The molecule has 0 bridgehead atoms. The summed E-state index contributed by atoms with van der Waals surface area (Å²) in [5.41, 5.74) is 9.81. The average molecular weight is 495 g/mol. The normalized spacial score (nSPS) is 17.4. The second kappa shape index (κ2) is 13.4. The van der Waals surface area contributed by atoms with Crippen molar-refractivity contribution in [2.45, 2.75) is 83.5 Å². The van der Waals surface area contributed by atoms with Crippen LogP contribution in [0.15, 0.2) is 79.4 Å². The van der Waals surface area contributed by atoms with Crippen LogP contribution in [0.5, 0.6) is 0 Å². The van der Waals surface area contributed by atoms with E-state index in [4.69, 9.17) is 4.74 Å². The summed E-state index contributed by atoms with van der Waals surface area (Å²) < 4.78 is 5.03. The molecule has 0 N–H and O–H groups in total. The van der Waals surface area contributed by atoms with Crippen LogP contribution in [0.4, 0.5) is 0 Å². The molecule has 1 fully saturated rings. The summed E-state index contributed by atoms with van der Waals surface area (Å²) in [7, 11) is 0. The number of ether oxygens (including phenoxy) is 1. The molecule has 1 saturated carbocycles. The van der Waals surface area contributed by atoms with Crippen molar-refractivity contribution in [3.05, 3.63) is 107 Å². The highest BCUT2D eigenvalue weighted by atomic mass is 16.5. The number of hydrogen-bond donors (Lipinski definition) is 0. The summed E-state index contributed by atoms with van der Waals surface area (Å²) in [6, 6.07) is 25.4. The van der Waals surface area contributed by atoms with E-state index in [1.54, 1.807) is 0 Å². The molecule has 194 valence electrons. The molecule has 0 atom stereocenters. The van der Waals surface area contributed by atoms with E-state index >= 15 is 0 Å². The van der Waals surface area contributed by atoms with Crippen molar-refractivity contribution < 1.29 is 9.53 Å². The van der Waals surface area contributed by atoms with Gasteiger partial charge >= 0.3 is 5.97 Å². The predicted molar refractivity (Wildman–Crippen MR) is 155 cm³/mol. The molecular weight excluding hydrogens is 452 g/mol. The smallest absolute Gasteiger partial charge is 0.330 e. The number of carbonyl (C=O) groups is 1. The quantitative estimate of drug-likeness (QED) is 0.151. The molecule has 0 spiro atoms. The zero-order chi connectivity index (χ0) is 26.0. The van der Waals surface area contributed by atoms with E-state index in [2.05, 4.69) is 87.2 Å². The van der Waals surface area contributed by atoms with Crippen LogP contribution in [0, 0.1) is 13.8 Å². The largest absolute Gasteiger partial charge is 0.463 e. The van der Waals surface area contributed by atoms with Gasteiger partial charge in [0.1, 0.15) is 0 Å². The highest BCUT2D eigenvalue weighted by Gasteiger charge is 2.24. The maximum atomic E-state index is 11.0. The van der Waals surface area contributed by atoms with Crippen molar-refractivity contribution in [3.8, 4) is 11.1 Å². The fraction of sp³-hybridized carbons (Fsp3) is 0.400. The molecule has 0 heterocycles. The molecule has 0 aromatic heterocycles. The summed E-state index contributed by atoms with van der Waals surface area (Å²) in [5.74, 6) is 1.05. The van der Waals surface area contributed by atoms with Crippen LogP contribution in [0.1, 0.15) is 91.0 Å². The third kappa shape index (κ3) is 7.68. The van der Waals surface area contributed by atoms with Gasteiger partial charge in [-0.05, 0) is 104 Å². The summed E-state index contributed by atoms with van der Waals surface area (Å²) in [6.45, 7) is 8.31. The number of unbranched alkanes of at least 4 members (excludes halogenated alkanes) is 3. The van der Waals surface area contributed by atoms with Crippen LogP contribution >= 0.6 is 0 Å². The number of rotatable bonds is 11. The molecular formula is C35H42O2. The Labute approximate surface area is 223 Å². The third-order valence-corrected chi connectivity index (χ3v) is 8.03. The highest BCUT2D eigenvalue weighted by Crippen LogP contribution is 2.41. The molecule has 0 saturated heterocycles. The fourth-order valence-electron chi connectivity index (χ4n) is 5.73. The third-order valence-electron chi connectivity index (χ3n) is 8.03. The van der Waals surface area contributed by atoms with Gasteiger partial charge in [-0.15, -0.1) is 0 Å². The maximum absolute atomic E-state index is 11.0. The lowest BCUT2D eigenvalue weighted by atomic mass is 9.75. The Hall–Kier alpha value is -3.13. The van der Waals surface area contributed by atoms with E-state index in [0.717, 1.165) is 19.3 Å². The fourth-order valence-corrected chi connectivity index (χ4v) is 5.73. The molecule has 0 aliphatic heterocycles. The number of esters is 1. The summed E-state index contributed by atoms with van der Waals surface area (Å²) in [4.78, 5) is 11.0. The first-order chi connectivity index (χ1) is 18.0. The Morgan fingerprint density at radius 1 is 0.811 bits per heavy atom. The van der Waals surface area contributed by atoms with E-state index in [1.165, 1.54) is 83.5 Å². The van der Waals surface area contributed by atoms with Gasteiger partial charge in [0.25, 0.3) is 0 Å². The van der Waals surface area contributed by atoms with Crippen molar-refractivity contribution in [2.24, 2.45) is 0 Å². The molecule has 3 aromatic carbocycles. The molecule has 2 nitrogen and oxygen atoms in total. The molecule has 37 heavy (non-hydrogen) atoms. The monoisotopic (exact) mass is 494 g/mol. The van der Waals surface area contributed by atoms with E-state index in [9.17, 15) is 4.79 Å². The summed E-state index contributed by atoms with van der Waals surface area (Å²) >= 11 is 0. The standard InChI is InChI=1S/C35H42O2/c1-4-35(36)37-24-8-6-5-7-9-28-12-16-29(17-13-28)30-18-20-31(21-19-30)33-22-23-34(27(3)25-33)32-14-10-26(2)11-15-32/h4,10-17,22-23,25,30-31H,1,5-9,18-21,24H2,2-3H3. The van der Waals surface area contributed by atoms with Gasteiger partial charge in [0.05, 0.1) is 6.61 Å².